The molecule has 4 rings (SSSR count). The Balaban J connectivity index is 1.36. The molecule has 2 aliphatic heterocycles. The SMILES string of the molecule is CC(C)(C)OC(=O)N1CCC[C@@H](C(=O)N[C@@H]2CCCN(c3ncnc4sccc34)C2)C1. The minimum Gasteiger partial charge on any atom is -0.444 e. The smallest absolute Gasteiger partial charge is 0.410 e. The average molecular weight is 446 g/mol. The third-order valence-electron chi connectivity index (χ3n) is 5.75. The number of hydrogen-bond donors (Lipinski definition) is 1. The van der Waals surface area contributed by atoms with Crippen LogP contribution in [0.15, 0.2) is 17.8 Å². The Hall–Kier alpha value is -2.42. The number of nitrogens with zero attached hydrogens (tertiary/aromatic N) is 4. The summed E-state index contributed by atoms with van der Waals surface area (Å²) in [6.07, 6.45) is 4.83. The first-order valence-electron chi connectivity index (χ1n) is 11.0. The molecule has 0 unspecified atom stereocenters. The molecule has 0 bridgehead atoms. The Morgan fingerprint density at radius 2 is 1.97 bits per heavy atom. The van der Waals surface area contributed by atoms with Gasteiger partial charge in [0.15, 0.2) is 0 Å². The summed E-state index contributed by atoms with van der Waals surface area (Å²) < 4.78 is 5.48. The highest BCUT2D eigenvalue weighted by atomic mass is 32.1. The third-order valence-corrected chi connectivity index (χ3v) is 6.57. The number of fused-ring (bicyclic) bond motifs is 1. The lowest BCUT2D eigenvalue weighted by Crippen LogP contribution is -2.52. The van der Waals surface area contributed by atoms with E-state index in [2.05, 4.69) is 26.3 Å². The zero-order chi connectivity index (χ0) is 22.0. The van der Waals surface area contributed by atoms with E-state index in [1.54, 1.807) is 22.6 Å². The second kappa shape index (κ2) is 8.98. The molecule has 31 heavy (non-hydrogen) atoms. The van der Waals surface area contributed by atoms with Crippen molar-refractivity contribution in [3.8, 4) is 0 Å². The first-order chi connectivity index (χ1) is 14.8. The lowest BCUT2D eigenvalue weighted by Gasteiger charge is -2.36. The third kappa shape index (κ3) is 5.26. The van der Waals surface area contributed by atoms with Crippen LogP contribution in [-0.4, -0.2) is 64.7 Å². The monoisotopic (exact) mass is 445 g/mol. The van der Waals surface area contributed by atoms with Gasteiger partial charge >= 0.3 is 6.09 Å². The fourth-order valence-corrected chi connectivity index (χ4v) is 5.05. The molecule has 0 spiro atoms. The van der Waals surface area contributed by atoms with Crippen LogP contribution in [0, 0.1) is 5.92 Å². The summed E-state index contributed by atoms with van der Waals surface area (Å²) >= 11 is 1.61. The van der Waals surface area contributed by atoms with Crippen molar-refractivity contribution < 1.29 is 14.3 Å². The molecule has 2 fully saturated rings. The first kappa shape index (κ1) is 21.8. The highest BCUT2D eigenvalue weighted by Crippen LogP contribution is 2.29. The molecule has 168 valence electrons. The number of amides is 2. The summed E-state index contributed by atoms with van der Waals surface area (Å²) in [7, 11) is 0. The van der Waals surface area contributed by atoms with Crippen LogP contribution in [0.25, 0.3) is 10.2 Å². The van der Waals surface area contributed by atoms with Crippen molar-refractivity contribution >= 4 is 39.4 Å². The summed E-state index contributed by atoms with van der Waals surface area (Å²) in [5.41, 5.74) is -0.535. The van der Waals surface area contributed by atoms with E-state index in [1.165, 1.54) is 0 Å². The Bertz CT molecular complexity index is 941. The summed E-state index contributed by atoms with van der Waals surface area (Å²) in [5, 5.41) is 6.34. The van der Waals surface area contributed by atoms with E-state index in [0.717, 1.165) is 54.8 Å². The molecular weight excluding hydrogens is 414 g/mol. The van der Waals surface area contributed by atoms with Gasteiger partial charge in [-0.3, -0.25) is 4.79 Å². The molecule has 2 aromatic heterocycles. The van der Waals surface area contributed by atoms with Crippen LogP contribution < -0.4 is 10.2 Å². The molecule has 8 nitrogen and oxygen atoms in total. The first-order valence-corrected chi connectivity index (χ1v) is 11.9. The van der Waals surface area contributed by atoms with Crippen molar-refractivity contribution in [2.45, 2.75) is 58.1 Å². The van der Waals surface area contributed by atoms with Crippen molar-refractivity contribution in [3.63, 3.8) is 0 Å². The van der Waals surface area contributed by atoms with E-state index in [0.29, 0.717) is 13.1 Å². The van der Waals surface area contributed by atoms with Crippen LogP contribution >= 0.6 is 11.3 Å². The zero-order valence-electron chi connectivity index (χ0n) is 18.5. The highest BCUT2D eigenvalue weighted by molar-refractivity contribution is 7.16. The number of likely N-dealkylation sites (tertiary alicyclic amines) is 1. The number of rotatable bonds is 3. The fraction of sp³-hybridized carbons (Fsp3) is 0.636. The van der Waals surface area contributed by atoms with Crippen LogP contribution in [0.5, 0.6) is 0 Å². The second-order valence-electron chi connectivity index (χ2n) is 9.40. The molecule has 9 heteroatoms. The highest BCUT2D eigenvalue weighted by Gasteiger charge is 2.32. The molecule has 2 aromatic rings. The van der Waals surface area contributed by atoms with Crippen molar-refractivity contribution in [2.24, 2.45) is 5.92 Å². The predicted octanol–water partition coefficient (Wildman–Crippen LogP) is 3.42. The molecule has 0 aliphatic carbocycles. The van der Waals surface area contributed by atoms with E-state index in [9.17, 15) is 9.59 Å². The summed E-state index contributed by atoms with van der Waals surface area (Å²) in [4.78, 5) is 39.2. The number of piperidine rings is 2. The molecule has 2 atom stereocenters. The van der Waals surface area contributed by atoms with Crippen molar-refractivity contribution in [1.82, 2.24) is 20.2 Å². The van der Waals surface area contributed by atoms with Gasteiger partial charge < -0.3 is 19.9 Å². The molecule has 2 saturated heterocycles. The van der Waals surface area contributed by atoms with Crippen LogP contribution in [0.3, 0.4) is 0 Å². The van der Waals surface area contributed by atoms with Crippen LogP contribution in [0.2, 0.25) is 0 Å². The van der Waals surface area contributed by atoms with Gasteiger partial charge in [0.25, 0.3) is 0 Å². The maximum absolute atomic E-state index is 13.0. The van der Waals surface area contributed by atoms with Crippen molar-refractivity contribution in [3.05, 3.63) is 17.8 Å². The molecule has 0 radical (unpaired) electrons. The van der Waals surface area contributed by atoms with Crippen LogP contribution in [0.1, 0.15) is 46.5 Å². The minimum atomic E-state index is -0.535. The van der Waals surface area contributed by atoms with Crippen LogP contribution in [0.4, 0.5) is 10.6 Å². The Morgan fingerprint density at radius 3 is 2.77 bits per heavy atom. The zero-order valence-corrected chi connectivity index (χ0v) is 19.3. The van der Waals surface area contributed by atoms with Gasteiger partial charge in [0.05, 0.1) is 11.3 Å². The normalized spacial score (nSPS) is 22.4. The van der Waals surface area contributed by atoms with Crippen LogP contribution in [-0.2, 0) is 9.53 Å². The lowest BCUT2D eigenvalue weighted by atomic mass is 9.96. The van der Waals surface area contributed by atoms with E-state index in [1.807, 2.05) is 26.2 Å². The van der Waals surface area contributed by atoms with E-state index >= 15 is 0 Å². The van der Waals surface area contributed by atoms with Gasteiger partial charge in [0.2, 0.25) is 5.91 Å². The van der Waals surface area contributed by atoms with Gasteiger partial charge in [-0.15, -0.1) is 11.3 Å². The molecule has 4 heterocycles. The number of hydrogen-bond acceptors (Lipinski definition) is 7. The number of carbonyl (C=O) groups excluding carboxylic acids is 2. The maximum atomic E-state index is 13.0. The van der Waals surface area contributed by atoms with Crippen molar-refractivity contribution in [2.75, 3.05) is 31.1 Å². The average Bonchev–Trinajstić information content (AvgIpc) is 3.22. The number of aromatic nitrogens is 2. The van der Waals surface area contributed by atoms with Gasteiger partial charge in [-0.2, -0.15) is 0 Å². The number of carbonyl (C=O) groups is 2. The molecular formula is C22H31N5O3S. The summed E-state index contributed by atoms with van der Waals surface area (Å²) in [5.74, 6) is 0.779. The van der Waals surface area contributed by atoms with Crippen molar-refractivity contribution in [1.29, 1.82) is 0 Å². The van der Waals surface area contributed by atoms with Gasteiger partial charge in [0.1, 0.15) is 22.6 Å². The lowest BCUT2D eigenvalue weighted by molar-refractivity contribution is -0.127. The Morgan fingerprint density at radius 1 is 1.16 bits per heavy atom. The Kier molecular flexibility index (Phi) is 6.31. The summed E-state index contributed by atoms with van der Waals surface area (Å²) in [6.45, 7) is 8.28. The standard InChI is InChI=1S/C22H31N5O3S/c1-22(2,3)30-21(29)27-10-4-6-15(12-27)19(28)25-16-7-5-9-26(13-16)18-17-8-11-31-20(17)24-14-23-18/h8,11,14-16H,4-7,9-10,12-13H2,1-3H3,(H,25,28)/t15-,16-/m1/s1. The Labute approximate surface area is 187 Å². The van der Waals surface area contributed by atoms with Gasteiger partial charge in [-0.1, -0.05) is 0 Å². The minimum absolute atomic E-state index is 0.0310. The quantitative estimate of drug-likeness (QED) is 0.779. The number of thiophene rings is 1. The molecule has 1 N–H and O–H groups in total. The van der Waals surface area contributed by atoms with Gasteiger partial charge in [-0.25, -0.2) is 14.8 Å². The van der Waals surface area contributed by atoms with Gasteiger partial charge in [-0.05, 0) is 57.9 Å². The maximum Gasteiger partial charge on any atom is 0.410 e. The van der Waals surface area contributed by atoms with E-state index in [-0.39, 0.29) is 24.0 Å². The van der Waals surface area contributed by atoms with Gasteiger partial charge in [0, 0.05) is 32.2 Å². The molecule has 2 amide bonds. The van der Waals surface area contributed by atoms with E-state index < -0.39 is 5.60 Å². The number of ether oxygens (including phenoxy) is 1. The fourth-order valence-electron chi connectivity index (χ4n) is 4.32. The number of nitrogens with one attached hydrogen (secondary N) is 1. The topological polar surface area (TPSA) is 87.7 Å². The van der Waals surface area contributed by atoms with E-state index in [4.69, 9.17) is 4.74 Å². The predicted molar refractivity (Wildman–Crippen MR) is 121 cm³/mol. The largest absolute Gasteiger partial charge is 0.444 e. The second-order valence-corrected chi connectivity index (χ2v) is 10.3. The number of anilines is 1. The molecule has 2 aliphatic rings. The molecule has 0 saturated carbocycles. The molecule has 0 aromatic carbocycles. The summed E-state index contributed by atoms with van der Waals surface area (Å²) in [6, 6.07) is 2.13.